The molecule has 0 rings (SSSR count). The Bertz CT molecular complexity index is 184. The summed E-state index contributed by atoms with van der Waals surface area (Å²) < 4.78 is 0. The van der Waals surface area contributed by atoms with Gasteiger partial charge in [-0.3, -0.25) is 0 Å². The minimum absolute atomic E-state index is 1.03. The summed E-state index contributed by atoms with van der Waals surface area (Å²) in [5.41, 5.74) is 2.07. The molecule has 0 aliphatic carbocycles. The lowest BCUT2D eigenvalue weighted by Crippen LogP contribution is -1.76. The standard InChI is InChI=1S/C9H12/c1-5-7-9(6-2)8(3)4/h6H,3H2,1-2,4H3. The van der Waals surface area contributed by atoms with Gasteiger partial charge in [-0.25, -0.2) is 0 Å². The molecule has 0 heteroatoms. The van der Waals surface area contributed by atoms with Gasteiger partial charge in [0.25, 0.3) is 0 Å². The Morgan fingerprint density at radius 2 is 2.11 bits per heavy atom. The first-order valence-electron chi connectivity index (χ1n) is 2.97. The van der Waals surface area contributed by atoms with E-state index in [9.17, 15) is 0 Å². The van der Waals surface area contributed by atoms with Gasteiger partial charge >= 0.3 is 0 Å². The Morgan fingerprint density at radius 3 is 2.22 bits per heavy atom. The summed E-state index contributed by atoms with van der Waals surface area (Å²) in [6.45, 7) is 9.52. The van der Waals surface area contributed by atoms with Crippen LogP contribution in [-0.2, 0) is 0 Å². The fourth-order valence-electron chi connectivity index (χ4n) is 0.560. The molecule has 0 atom stereocenters. The molecule has 9 heavy (non-hydrogen) atoms. The van der Waals surface area contributed by atoms with Gasteiger partial charge in [-0.2, -0.15) is 0 Å². The number of rotatable bonds is 1. The van der Waals surface area contributed by atoms with Crippen LogP contribution in [0.15, 0.2) is 23.8 Å². The molecule has 0 aromatic carbocycles. The van der Waals surface area contributed by atoms with Crippen molar-refractivity contribution in [3.05, 3.63) is 23.8 Å². The fourth-order valence-corrected chi connectivity index (χ4v) is 0.560. The molecular formula is C9H12. The van der Waals surface area contributed by atoms with Crippen LogP contribution in [0.25, 0.3) is 0 Å². The molecule has 0 saturated heterocycles. The minimum atomic E-state index is 1.03. The summed E-state index contributed by atoms with van der Waals surface area (Å²) in [5, 5.41) is 0. The molecule has 0 aromatic rings. The molecule has 0 heterocycles. The van der Waals surface area contributed by atoms with Crippen molar-refractivity contribution in [2.75, 3.05) is 0 Å². The molecule has 0 amide bonds. The second kappa shape index (κ2) is 3.97. The Hall–Kier alpha value is -0.960. The third kappa shape index (κ3) is 2.77. The van der Waals surface area contributed by atoms with Gasteiger partial charge in [-0.1, -0.05) is 18.6 Å². The van der Waals surface area contributed by atoms with Gasteiger partial charge in [0.05, 0.1) is 0 Å². The van der Waals surface area contributed by atoms with Crippen LogP contribution >= 0.6 is 0 Å². The largest absolute Gasteiger partial charge is 0.101 e. The maximum Gasteiger partial charge on any atom is 0.0225 e. The van der Waals surface area contributed by atoms with Crippen LogP contribution in [0.1, 0.15) is 20.8 Å². The summed E-state index contributed by atoms with van der Waals surface area (Å²) in [4.78, 5) is 0. The number of hydrogen-bond acceptors (Lipinski definition) is 0. The van der Waals surface area contributed by atoms with Gasteiger partial charge in [0.2, 0.25) is 0 Å². The van der Waals surface area contributed by atoms with E-state index >= 15 is 0 Å². The molecule has 0 aliphatic rings. The maximum absolute atomic E-state index is 3.77. The third-order valence-electron chi connectivity index (χ3n) is 1.01. The van der Waals surface area contributed by atoms with Crippen molar-refractivity contribution < 1.29 is 0 Å². The van der Waals surface area contributed by atoms with Crippen molar-refractivity contribution in [2.45, 2.75) is 20.8 Å². The van der Waals surface area contributed by atoms with Crippen LogP contribution in [0, 0.1) is 11.8 Å². The van der Waals surface area contributed by atoms with Crippen molar-refractivity contribution in [2.24, 2.45) is 0 Å². The SMILES string of the molecule is C=C(C)C(C#CC)=CC. The Morgan fingerprint density at radius 1 is 1.56 bits per heavy atom. The lowest BCUT2D eigenvalue weighted by Gasteiger charge is -1.92. The van der Waals surface area contributed by atoms with Crippen molar-refractivity contribution in [1.82, 2.24) is 0 Å². The second-order valence-corrected chi connectivity index (χ2v) is 1.86. The predicted octanol–water partition coefficient (Wildman–Crippen LogP) is 2.53. The molecule has 0 radical (unpaired) electrons. The van der Waals surface area contributed by atoms with E-state index in [4.69, 9.17) is 0 Å². The first kappa shape index (κ1) is 8.04. The van der Waals surface area contributed by atoms with Crippen LogP contribution in [0.5, 0.6) is 0 Å². The van der Waals surface area contributed by atoms with Crippen LogP contribution in [0.4, 0.5) is 0 Å². The van der Waals surface area contributed by atoms with Gasteiger partial charge in [-0.05, 0) is 26.3 Å². The minimum Gasteiger partial charge on any atom is -0.101 e. The van der Waals surface area contributed by atoms with E-state index in [-0.39, 0.29) is 0 Å². The fraction of sp³-hybridized carbons (Fsp3) is 0.333. The quantitative estimate of drug-likeness (QED) is 0.368. The predicted molar refractivity (Wildman–Crippen MR) is 42.0 cm³/mol. The molecule has 0 aliphatic heterocycles. The monoisotopic (exact) mass is 120 g/mol. The average molecular weight is 120 g/mol. The molecule has 0 nitrogen and oxygen atoms in total. The highest BCUT2D eigenvalue weighted by atomic mass is 13.9. The zero-order valence-corrected chi connectivity index (χ0v) is 6.28. The molecular weight excluding hydrogens is 108 g/mol. The smallest absolute Gasteiger partial charge is 0.0225 e. The van der Waals surface area contributed by atoms with E-state index in [0.717, 1.165) is 11.1 Å². The maximum atomic E-state index is 3.77. The molecule has 0 aromatic heterocycles. The topological polar surface area (TPSA) is 0 Å². The van der Waals surface area contributed by atoms with E-state index in [0.29, 0.717) is 0 Å². The summed E-state index contributed by atoms with van der Waals surface area (Å²) in [7, 11) is 0. The van der Waals surface area contributed by atoms with Crippen molar-refractivity contribution in [3.63, 3.8) is 0 Å². The highest BCUT2D eigenvalue weighted by molar-refractivity contribution is 5.42. The number of hydrogen-bond donors (Lipinski definition) is 0. The van der Waals surface area contributed by atoms with Crippen molar-refractivity contribution in [1.29, 1.82) is 0 Å². The zero-order valence-electron chi connectivity index (χ0n) is 6.28. The second-order valence-electron chi connectivity index (χ2n) is 1.86. The molecule has 0 fully saturated rings. The van der Waals surface area contributed by atoms with Crippen molar-refractivity contribution in [3.8, 4) is 11.8 Å². The zero-order chi connectivity index (χ0) is 7.28. The highest BCUT2D eigenvalue weighted by Gasteiger charge is 1.86. The summed E-state index contributed by atoms with van der Waals surface area (Å²) >= 11 is 0. The van der Waals surface area contributed by atoms with Gasteiger partial charge in [-0.15, -0.1) is 5.92 Å². The Kier molecular flexibility index (Phi) is 3.55. The van der Waals surface area contributed by atoms with E-state index in [1.807, 2.05) is 26.8 Å². The van der Waals surface area contributed by atoms with E-state index in [1.54, 1.807) is 0 Å². The van der Waals surface area contributed by atoms with Gasteiger partial charge < -0.3 is 0 Å². The molecule has 48 valence electrons. The normalized spacial score (nSPS) is 9.89. The Labute approximate surface area is 57.3 Å². The third-order valence-corrected chi connectivity index (χ3v) is 1.01. The Balaban J connectivity index is 4.32. The van der Waals surface area contributed by atoms with E-state index < -0.39 is 0 Å². The summed E-state index contributed by atoms with van der Waals surface area (Å²) in [6.07, 6.45) is 1.97. The lowest BCUT2D eigenvalue weighted by atomic mass is 10.1. The van der Waals surface area contributed by atoms with Crippen LogP contribution in [-0.4, -0.2) is 0 Å². The molecule has 0 spiro atoms. The molecule has 0 N–H and O–H groups in total. The molecule has 0 unspecified atom stereocenters. The van der Waals surface area contributed by atoms with Gasteiger partial charge in [0.15, 0.2) is 0 Å². The summed E-state index contributed by atoms with van der Waals surface area (Å²) in [5.74, 6) is 5.76. The van der Waals surface area contributed by atoms with Crippen molar-refractivity contribution >= 4 is 0 Å². The molecule has 0 saturated carbocycles. The average Bonchev–Trinajstić information content (AvgIpc) is 1.82. The first-order valence-corrected chi connectivity index (χ1v) is 2.97. The summed E-state index contributed by atoms with van der Waals surface area (Å²) in [6, 6.07) is 0. The van der Waals surface area contributed by atoms with E-state index in [1.165, 1.54) is 0 Å². The van der Waals surface area contributed by atoms with Gasteiger partial charge in [0, 0.05) is 5.57 Å². The number of allylic oxidation sites excluding steroid dienone is 3. The highest BCUT2D eigenvalue weighted by Crippen LogP contribution is 2.03. The van der Waals surface area contributed by atoms with Crippen LogP contribution < -0.4 is 0 Å². The van der Waals surface area contributed by atoms with Gasteiger partial charge in [0.1, 0.15) is 0 Å². The van der Waals surface area contributed by atoms with E-state index in [2.05, 4.69) is 18.4 Å². The van der Waals surface area contributed by atoms with Crippen LogP contribution in [0.3, 0.4) is 0 Å². The lowest BCUT2D eigenvalue weighted by molar-refractivity contribution is 1.45. The molecule has 0 bridgehead atoms. The first-order chi connectivity index (χ1) is 4.22. The van der Waals surface area contributed by atoms with Crippen LogP contribution in [0.2, 0.25) is 0 Å².